The Bertz CT molecular complexity index is 1320. The molecule has 1 N–H and O–H groups in total. The molecule has 1 aliphatic heterocycles. The van der Waals surface area contributed by atoms with E-state index in [2.05, 4.69) is 51.7 Å². The minimum atomic E-state index is -0.382. The minimum absolute atomic E-state index is 0.0268. The van der Waals surface area contributed by atoms with Crippen LogP contribution in [0.25, 0.3) is 0 Å². The summed E-state index contributed by atoms with van der Waals surface area (Å²) < 4.78 is 0. The van der Waals surface area contributed by atoms with Crippen molar-refractivity contribution in [3.8, 4) is 6.07 Å². The van der Waals surface area contributed by atoms with Gasteiger partial charge in [-0.05, 0) is 67.0 Å². The number of fused-ring (bicyclic) bond motifs is 1. The molecule has 0 aromatic carbocycles. The van der Waals surface area contributed by atoms with E-state index in [0.29, 0.717) is 23.0 Å². The molecule has 2 heterocycles. The van der Waals surface area contributed by atoms with Crippen molar-refractivity contribution < 1.29 is 9.59 Å². The highest BCUT2D eigenvalue weighted by molar-refractivity contribution is 6.10. The maximum absolute atomic E-state index is 12.7. The topological polar surface area (TPSA) is 98.5 Å². The van der Waals surface area contributed by atoms with E-state index in [1.165, 1.54) is 35.7 Å². The molecule has 7 heteroatoms. The number of rotatable bonds is 6. The van der Waals surface area contributed by atoms with Crippen molar-refractivity contribution in [1.29, 1.82) is 5.26 Å². The highest BCUT2D eigenvalue weighted by Crippen LogP contribution is 2.40. The number of pyridine rings is 1. The predicted molar refractivity (Wildman–Crippen MR) is 144 cm³/mol. The Hall–Kier alpha value is -4.57. The molecule has 1 aromatic rings. The summed E-state index contributed by atoms with van der Waals surface area (Å²) in [6.45, 7) is 3.11. The van der Waals surface area contributed by atoms with Gasteiger partial charge in [-0.2, -0.15) is 5.26 Å². The van der Waals surface area contributed by atoms with Gasteiger partial charge in [0.2, 0.25) is 5.91 Å². The Morgan fingerprint density at radius 1 is 1.27 bits per heavy atom. The van der Waals surface area contributed by atoms with Gasteiger partial charge in [0.15, 0.2) is 0 Å². The van der Waals surface area contributed by atoms with Crippen molar-refractivity contribution in [1.82, 2.24) is 15.2 Å². The van der Waals surface area contributed by atoms with E-state index in [1.807, 2.05) is 11.0 Å². The number of aromatic nitrogens is 1. The van der Waals surface area contributed by atoms with Crippen molar-refractivity contribution in [2.24, 2.45) is 16.8 Å². The number of nitrogens with one attached hydrogen (secondary N) is 1. The van der Waals surface area contributed by atoms with Crippen LogP contribution in [0.15, 0.2) is 113 Å². The molecule has 1 saturated heterocycles. The van der Waals surface area contributed by atoms with Crippen LogP contribution in [0.4, 0.5) is 0 Å². The van der Waals surface area contributed by atoms with Gasteiger partial charge >= 0.3 is 0 Å². The quantitative estimate of drug-likeness (QED) is 0.207. The molecule has 2 atom stereocenters. The highest BCUT2D eigenvalue weighted by Gasteiger charge is 2.37. The zero-order valence-electron chi connectivity index (χ0n) is 20.7. The highest BCUT2D eigenvalue weighted by atomic mass is 16.2. The number of nitriles is 1. The van der Waals surface area contributed by atoms with Crippen LogP contribution in [0.2, 0.25) is 0 Å². The lowest BCUT2D eigenvalue weighted by molar-refractivity contribution is -0.125. The number of aliphatic imine (C=N–C) groups is 1. The Kier molecular flexibility index (Phi) is 8.56. The van der Waals surface area contributed by atoms with Gasteiger partial charge in [0.05, 0.1) is 11.6 Å². The van der Waals surface area contributed by atoms with Crippen LogP contribution in [-0.4, -0.2) is 40.6 Å². The first-order chi connectivity index (χ1) is 18.0. The number of carbonyl (C=O) groups excluding carboxylic acids is 2. The maximum Gasteiger partial charge on any atom is 0.258 e. The summed E-state index contributed by atoms with van der Waals surface area (Å²) in [5.41, 5.74) is 3.47. The lowest BCUT2D eigenvalue weighted by atomic mass is 9.98. The molecule has 0 bridgehead atoms. The maximum atomic E-state index is 12.7. The molecular formula is C30H29N5O2. The SMILES string of the molecule is C\C(C#N)=C/C(=N\C=C\C=C\C(=O)N1CC2C=C(C3=CCC=CC=C3)CC2C1)NC(=O)c1cccnc1. The van der Waals surface area contributed by atoms with Gasteiger partial charge in [-0.3, -0.25) is 14.6 Å². The fraction of sp³-hybridized carbons (Fsp3) is 0.233. The van der Waals surface area contributed by atoms with E-state index in [-0.39, 0.29) is 17.6 Å². The van der Waals surface area contributed by atoms with Gasteiger partial charge in [-0.1, -0.05) is 42.5 Å². The van der Waals surface area contributed by atoms with Gasteiger partial charge in [-0.25, -0.2) is 4.99 Å². The number of hydrogen-bond acceptors (Lipinski definition) is 5. The van der Waals surface area contributed by atoms with Crippen LogP contribution in [0, 0.1) is 23.2 Å². The number of carbonyl (C=O) groups is 2. The van der Waals surface area contributed by atoms with E-state index >= 15 is 0 Å². The molecule has 186 valence electrons. The summed E-state index contributed by atoms with van der Waals surface area (Å²) in [7, 11) is 0. The van der Waals surface area contributed by atoms with Crippen LogP contribution in [0.3, 0.4) is 0 Å². The average Bonchev–Trinajstić information content (AvgIpc) is 3.37. The Morgan fingerprint density at radius 3 is 2.95 bits per heavy atom. The summed E-state index contributed by atoms with van der Waals surface area (Å²) in [4.78, 5) is 35.2. The lowest BCUT2D eigenvalue weighted by Gasteiger charge is -2.15. The van der Waals surface area contributed by atoms with E-state index < -0.39 is 0 Å². The van der Waals surface area contributed by atoms with E-state index in [4.69, 9.17) is 5.26 Å². The lowest BCUT2D eigenvalue weighted by Crippen LogP contribution is -2.29. The van der Waals surface area contributed by atoms with Crippen molar-refractivity contribution in [2.75, 3.05) is 13.1 Å². The monoisotopic (exact) mass is 491 g/mol. The second kappa shape index (κ2) is 12.4. The standard InChI is InChI=1S/C30H29N5O2/c1-22(18-31)15-28(34-30(37)24-11-8-13-32-19-24)33-14-7-6-12-29(36)35-20-26-16-25(17-27(26)21-35)23-9-4-2-3-5-10-23/h2-4,6-16,19,26-27H,5,17,20-21H2,1H3,(H,33,34,37)/b12-6+,14-7+,22-15+. The smallest absolute Gasteiger partial charge is 0.258 e. The van der Waals surface area contributed by atoms with Crippen molar-refractivity contribution in [3.63, 3.8) is 0 Å². The molecule has 0 spiro atoms. The summed E-state index contributed by atoms with van der Waals surface area (Å²) >= 11 is 0. The van der Waals surface area contributed by atoms with Gasteiger partial charge in [0, 0.05) is 43.3 Å². The van der Waals surface area contributed by atoms with Gasteiger partial charge in [0.25, 0.3) is 5.91 Å². The molecule has 4 rings (SSSR count). The number of likely N-dealkylation sites (tertiary alicyclic amines) is 1. The van der Waals surface area contributed by atoms with Crippen molar-refractivity contribution >= 4 is 17.6 Å². The number of nitrogens with zero attached hydrogens (tertiary/aromatic N) is 4. The molecule has 3 aliphatic rings. The fourth-order valence-corrected chi connectivity index (χ4v) is 4.57. The molecular weight excluding hydrogens is 462 g/mol. The van der Waals surface area contributed by atoms with Crippen LogP contribution in [0.5, 0.6) is 0 Å². The molecule has 2 amide bonds. The van der Waals surface area contributed by atoms with Gasteiger partial charge in [0.1, 0.15) is 5.84 Å². The largest absolute Gasteiger partial charge is 0.338 e. The van der Waals surface area contributed by atoms with Gasteiger partial charge in [-0.15, -0.1) is 0 Å². The van der Waals surface area contributed by atoms with Crippen LogP contribution >= 0.6 is 0 Å². The summed E-state index contributed by atoms with van der Waals surface area (Å²) in [6.07, 6.45) is 25.8. The minimum Gasteiger partial charge on any atom is -0.338 e. The third kappa shape index (κ3) is 6.98. The predicted octanol–water partition coefficient (Wildman–Crippen LogP) is 4.60. The van der Waals surface area contributed by atoms with Crippen molar-refractivity contribution in [2.45, 2.75) is 19.8 Å². The second-order valence-corrected chi connectivity index (χ2v) is 9.10. The second-order valence-electron chi connectivity index (χ2n) is 9.10. The Morgan fingerprint density at radius 2 is 2.16 bits per heavy atom. The molecule has 1 aromatic heterocycles. The number of hydrogen-bond donors (Lipinski definition) is 1. The van der Waals surface area contributed by atoms with Crippen LogP contribution in [-0.2, 0) is 4.79 Å². The molecule has 1 fully saturated rings. The number of amidine groups is 1. The first kappa shape index (κ1) is 25.5. The molecule has 0 saturated carbocycles. The summed E-state index contributed by atoms with van der Waals surface area (Å²) in [5, 5.41) is 11.8. The van der Waals surface area contributed by atoms with E-state index in [1.54, 1.807) is 37.4 Å². The normalized spacial score (nSPS) is 21.6. The molecule has 0 radical (unpaired) electrons. The Balaban J connectivity index is 1.33. The molecule has 37 heavy (non-hydrogen) atoms. The van der Waals surface area contributed by atoms with Crippen LogP contribution in [0.1, 0.15) is 30.1 Å². The van der Waals surface area contributed by atoms with Crippen molar-refractivity contribution in [3.05, 3.63) is 114 Å². The Labute approximate surface area is 217 Å². The van der Waals surface area contributed by atoms with Crippen LogP contribution < -0.4 is 5.32 Å². The number of amides is 2. The van der Waals surface area contributed by atoms with E-state index in [0.717, 1.165) is 25.9 Å². The first-order valence-electron chi connectivity index (χ1n) is 12.3. The van der Waals surface area contributed by atoms with Gasteiger partial charge < -0.3 is 10.2 Å². The van der Waals surface area contributed by atoms with E-state index in [9.17, 15) is 9.59 Å². The first-order valence-corrected chi connectivity index (χ1v) is 12.3. The summed E-state index contributed by atoms with van der Waals surface area (Å²) in [5.74, 6) is 0.681. The fourth-order valence-electron chi connectivity index (χ4n) is 4.57. The number of allylic oxidation sites excluding steroid dienone is 10. The molecule has 2 unspecified atom stereocenters. The third-order valence-electron chi connectivity index (χ3n) is 6.41. The zero-order chi connectivity index (χ0) is 26.0. The average molecular weight is 492 g/mol. The third-order valence-corrected chi connectivity index (χ3v) is 6.41. The zero-order valence-corrected chi connectivity index (χ0v) is 20.7. The molecule has 7 nitrogen and oxygen atoms in total. The summed E-state index contributed by atoms with van der Waals surface area (Å²) in [6, 6.07) is 5.31. The molecule has 2 aliphatic carbocycles.